The van der Waals surface area contributed by atoms with Crippen LogP contribution in [0.3, 0.4) is 0 Å². The van der Waals surface area contributed by atoms with Gasteiger partial charge in [0.2, 0.25) is 0 Å². The first-order valence-electron chi connectivity index (χ1n) is 9.62. The van der Waals surface area contributed by atoms with Crippen molar-refractivity contribution in [2.24, 2.45) is 40.4 Å². The predicted molar refractivity (Wildman–Crippen MR) is 91.3 cm³/mol. The molecule has 0 aromatic carbocycles. The highest BCUT2D eigenvalue weighted by molar-refractivity contribution is 5.30. The lowest BCUT2D eigenvalue weighted by molar-refractivity contribution is -0.0552. The van der Waals surface area contributed by atoms with Crippen LogP contribution in [0, 0.1) is 63.1 Å². The first-order valence-corrected chi connectivity index (χ1v) is 9.62. The molecule has 8 atom stereocenters. The monoisotopic (exact) mass is 324 g/mol. The average molecular weight is 324 g/mol. The molecule has 0 aromatic rings. The summed E-state index contributed by atoms with van der Waals surface area (Å²) in [6.07, 6.45) is 9.04. The molecule has 0 amide bonds. The second-order valence-electron chi connectivity index (χ2n) is 9.25. The minimum Gasteiger partial charge on any atom is -0.393 e. The van der Waals surface area contributed by atoms with Gasteiger partial charge >= 0.3 is 0 Å². The fourth-order valence-corrected chi connectivity index (χ4v) is 7.00. The van der Waals surface area contributed by atoms with Gasteiger partial charge in [-0.05, 0) is 73.5 Å². The third-order valence-electron chi connectivity index (χ3n) is 8.44. The largest absolute Gasteiger partial charge is 0.393 e. The standard InChI is InChI=1S/C21H28N2O/c1-20-8-6-18-19(17(20)4-3-14(20)12-23)13(11-22)9-15-10-16(24)5-7-21(15,18)2/h9,13-14,16-19,24H,3-8,10H2,1-2H3. The lowest BCUT2D eigenvalue weighted by atomic mass is 9.45. The summed E-state index contributed by atoms with van der Waals surface area (Å²) in [6, 6.07) is 5.16. The van der Waals surface area contributed by atoms with E-state index in [1.165, 1.54) is 5.57 Å². The van der Waals surface area contributed by atoms with Crippen molar-refractivity contribution in [3.05, 3.63) is 11.6 Å². The van der Waals surface area contributed by atoms with Gasteiger partial charge in [-0.1, -0.05) is 25.5 Å². The van der Waals surface area contributed by atoms with Crippen LogP contribution in [0.1, 0.15) is 58.8 Å². The number of allylic oxidation sites excluding steroid dienone is 1. The molecule has 0 bridgehead atoms. The molecule has 0 spiro atoms. The second-order valence-corrected chi connectivity index (χ2v) is 9.25. The number of hydrogen-bond donors (Lipinski definition) is 1. The Labute approximate surface area is 145 Å². The Kier molecular flexibility index (Phi) is 3.59. The Hall–Kier alpha value is -1.32. The van der Waals surface area contributed by atoms with Crippen LogP contribution in [0.5, 0.6) is 0 Å². The van der Waals surface area contributed by atoms with Gasteiger partial charge in [-0.3, -0.25) is 0 Å². The summed E-state index contributed by atoms with van der Waals surface area (Å²) < 4.78 is 0. The van der Waals surface area contributed by atoms with E-state index in [4.69, 9.17) is 0 Å². The zero-order chi connectivity index (χ0) is 17.1. The highest BCUT2D eigenvalue weighted by atomic mass is 16.3. The molecule has 4 aliphatic carbocycles. The fraction of sp³-hybridized carbons (Fsp3) is 0.810. The predicted octanol–water partition coefficient (Wildman–Crippen LogP) is 4.20. The van der Waals surface area contributed by atoms with Crippen LogP contribution in [-0.4, -0.2) is 11.2 Å². The van der Waals surface area contributed by atoms with Crippen molar-refractivity contribution in [2.45, 2.75) is 64.9 Å². The van der Waals surface area contributed by atoms with Crippen LogP contribution >= 0.6 is 0 Å². The highest BCUT2D eigenvalue weighted by Crippen LogP contribution is 2.67. The molecule has 3 nitrogen and oxygen atoms in total. The van der Waals surface area contributed by atoms with E-state index in [-0.39, 0.29) is 28.8 Å². The minimum absolute atomic E-state index is 0.0366. The van der Waals surface area contributed by atoms with Gasteiger partial charge in [-0.2, -0.15) is 10.5 Å². The van der Waals surface area contributed by atoms with Crippen LogP contribution in [0.2, 0.25) is 0 Å². The normalized spacial score (nSPS) is 53.0. The summed E-state index contributed by atoms with van der Waals surface area (Å²) in [5.41, 5.74) is 1.59. The van der Waals surface area contributed by atoms with Gasteiger partial charge in [0.1, 0.15) is 0 Å². The zero-order valence-corrected chi connectivity index (χ0v) is 14.8. The number of aliphatic hydroxyl groups is 1. The van der Waals surface area contributed by atoms with Crippen molar-refractivity contribution in [1.29, 1.82) is 10.5 Å². The zero-order valence-electron chi connectivity index (χ0n) is 14.8. The molecule has 128 valence electrons. The van der Waals surface area contributed by atoms with E-state index >= 15 is 0 Å². The summed E-state index contributed by atoms with van der Waals surface area (Å²) in [4.78, 5) is 0. The number of aliphatic hydroxyl groups excluding tert-OH is 1. The number of hydrogen-bond acceptors (Lipinski definition) is 3. The van der Waals surface area contributed by atoms with Crippen LogP contribution in [0.15, 0.2) is 11.6 Å². The van der Waals surface area contributed by atoms with Crippen LogP contribution in [0.25, 0.3) is 0 Å². The number of nitriles is 2. The molecule has 3 saturated carbocycles. The lowest BCUT2D eigenvalue weighted by Crippen LogP contribution is -2.52. The molecule has 4 rings (SSSR count). The molecule has 0 aromatic heterocycles. The SMILES string of the molecule is CC12CCC(O)CC1=CC(C#N)C1C2CCC2(C)C(C#N)CCC12. The summed E-state index contributed by atoms with van der Waals surface area (Å²) in [5, 5.41) is 29.6. The van der Waals surface area contributed by atoms with Crippen LogP contribution in [-0.2, 0) is 0 Å². The third-order valence-corrected chi connectivity index (χ3v) is 8.44. The Morgan fingerprint density at radius 3 is 2.54 bits per heavy atom. The molecular weight excluding hydrogens is 296 g/mol. The quantitative estimate of drug-likeness (QED) is 0.679. The number of fused-ring (bicyclic) bond motifs is 5. The van der Waals surface area contributed by atoms with Gasteiger partial charge in [0, 0.05) is 0 Å². The van der Waals surface area contributed by atoms with E-state index in [0.717, 1.165) is 44.9 Å². The van der Waals surface area contributed by atoms with Crippen LogP contribution in [0.4, 0.5) is 0 Å². The maximum atomic E-state index is 10.1. The molecule has 0 aliphatic heterocycles. The third kappa shape index (κ3) is 1.98. The van der Waals surface area contributed by atoms with E-state index in [9.17, 15) is 15.6 Å². The van der Waals surface area contributed by atoms with E-state index in [0.29, 0.717) is 17.8 Å². The van der Waals surface area contributed by atoms with Gasteiger partial charge in [0.05, 0.1) is 30.1 Å². The molecule has 4 aliphatic rings. The summed E-state index contributed by atoms with van der Waals surface area (Å²) in [6.45, 7) is 4.70. The molecule has 8 unspecified atom stereocenters. The number of rotatable bonds is 0. The molecule has 24 heavy (non-hydrogen) atoms. The van der Waals surface area contributed by atoms with Gasteiger partial charge < -0.3 is 5.11 Å². The Bertz CT molecular complexity index is 656. The summed E-state index contributed by atoms with van der Waals surface area (Å²) in [5.74, 6) is 1.58. The smallest absolute Gasteiger partial charge is 0.0700 e. The van der Waals surface area contributed by atoms with Gasteiger partial charge in [0.25, 0.3) is 0 Å². The minimum atomic E-state index is -0.233. The van der Waals surface area contributed by atoms with E-state index < -0.39 is 0 Å². The Balaban J connectivity index is 1.77. The highest BCUT2D eigenvalue weighted by Gasteiger charge is 2.60. The first kappa shape index (κ1) is 16.2. The van der Waals surface area contributed by atoms with Crippen molar-refractivity contribution in [3.63, 3.8) is 0 Å². The van der Waals surface area contributed by atoms with Crippen molar-refractivity contribution in [1.82, 2.24) is 0 Å². The van der Waals surface area contributed by atoms with Crippen molar-refractivity contribution in [3.8, 4) is 12.1 Å². The van der Waals surface area contributed by atoms with Gasteiger partial charge in [-0.25, -0.2) is 0 Å². The maximum absolute atomic E-state index is 10.1. The van der Waals surface area contributed by atoms with Gasteiger partial charge in [0.15, 0.2) is 0 Å². The van der Waals surface area contributed by atoms with E-state index in [2.05, 4.69) is 32.1 Å². The van der Waals surface area contributed by atoms with E-state index in [1.807, 2.05) is 0 Å². The topological polar surface area (TPSA) is 67.8 Å². The molecule has 0 radical (unpaired) electrons. The molecular formula is C21H28N2O. The summed E-state index contributed by atoms with van der Waals surface area (Å²) in [7, 11) is 0. The Morgan fingerprint density at radius 2 is 1.83 bits per heavy atom. The molecule has 0 heterocycles. The van der Waals surface area contributed by atoms with Crippen LogP contribution < -0.4 is 0 Å². The average Bonchev–Trinajstić information content (AvgIpc) is 2.91. The first-order chi connectivity index (χ1) is 11.4. The van der Waals surface area contributed by atoms with Crippen molar-refractivity contribution in [2.75, 3.05) is 0 Å². The number of nitrogens with zero attached hydrogens (tertiary/aromatic N) is 2. The molecule has 3 fully saturated rings. The van der Waals surface area contributed by atoms with Crippen molar-refractivity contribution < 1.29 is 5.11 Å². The molecule has 3 heteroatoms. The lowest BCUT2D eigenvalue weighted by Gasteiger charge is -2.58. The molecule has 1 N–H and O–H groups in total. The molecule has 0 saturated heterocycles. The van der Waals surface area contributed by atoms with Gasteiger partial charge in [-0.15, -0.1) is 0 Å². The Morgan fingerprint density at radius 1 is 1.04 bits per heavy atom. The van der Waals surface area contributed by atoms with Crippen molar-refractivity contribution >= 4 is 0 Å². The maximum Gasteiger partial charge on any atom is 0.0700 e. The van der Waals surface area contributed by atoms with E-state index in [1.54, 1.807) is 0 Å². The summed E-state index contributed by atoms with van der Waals surface area (Å²) >= 11 is 0. The second kappa shape index (κ2) is 5.34. The fourth-order valence-electron chi connectivity index (χ4n) is 7.00.